The molecule has 0 fully saturated rings. The summed E-state index contributed by atoms with van der Waals surface area (Å²) in [5.74, 6) is 0.184. The quantitative estimate of drug-likeness (QED) is 0.711. The van der Waals surface area contributed by atoms with Crippen LogP contribution < -0.4 is 20.9 Å². The molecular weight excluding hydrogens is 294 g/mol. The number of amides is 1. The summed E-state index contributed by atoms with van der Waals surface area (Å²) in [5, 5.41) is 7.66. The monoisotopic (exact) mass is 315 g/mol. The first-order chi connectivity index (χ1) is 9.65. The second kappa shape index (κ2) is 6.88. The topological polar surface area (TPSA) is 125 Å². The van der Waals surface area contributed by atoms with Crippen LogP contribution in [0.15, 0.2) is 23.1 Å². The third-order valence-electron chi connectivity index (χ3n) is 3.05. The molecule has 0 aromatic heterocycles. The van der Waals surface area contributed by atoms with Gasteiger partial charge in [0, 0.05) is 12.5 Å². The van der Waals surface area contributed by atoms with Gasteiger partial charge in [0.1, 0.15) is 5.75 Å². The number of hydrogen-bond donors (Lipinski definition) is 3. The maximum atomic E-state index is 11.9. The van der Waals surface area contributed by atoms with Gasteiger partial charge < -0.3 is 15.8 Å². The summed E-state index contributed by atoms with van der Waals surface area (Å²) in [4.78, 5) is 11.8. The van der Waals surface area contributed by atoms with Gasteiger partial charge in [0.25, 0.3) is 0 Å². The Kier molecular flexibility index (Phi) is 5.70. The van der Waals surface area contributed by atoms with Crippen LogP contribution in [-0.4, -0.2) is 27.5 Å². The fourth-order valence-electron chi connectivity index (χ4n) is 1.61. The zero-order valence-electron chi connectivity index (χ0n) is 12.3. The molecule has 0 saturated heterocycles. The average molecular weight is 315 g/mol. The number of primary sulfonamides is 1. The fourth-order valence-corrected chi connectivity index (χ4v) is 2.15. The number of nitrogens with two attached hydrogens (primary N) is 2. The fraction of sp³-hybridized carbons (Fsp3) is 0.462. The van der Waals surface area contributed by atoms with Gasteiger partial charge in [-0.2, -0.15) is 0 Å². The van der Waals surface area contributed by atoms with Crippen molar-refractivity contribution in [2.75, 3.05) is 12.4 Å². The van der Waals surface area contributed by atoms with E-state index in [0.29, 0.717) is 5.75 Å². The van der Waals surface area contributed by atoms with Gasteiger partial charge in [-0.3, -0.25) is 4.79 Å². The molecule has 0 aliphatic carbocycles. The summed E-state index contributed by atoms with van der Waals surface area (Å²) < 4.78 is 27.8. The van der Waals surface area contributed by atoms with Gasteiger partial charge in [-0.1, -0.05) is 13.8 Å². The molecule has 0 radical (unpaired) electrons. The van der Waals surface area contributed by atoms with E-state index in [1.807, 2.05) is 13.8 Å². The summed E-state index contributed by atoms with van der Waals surface area (Å²) in [6, 6.07) is 3.71. The zero-order chi connectivity index (χ0) is 16.2. The summed E-state index contributed by atoms with van der Waals surface area (Å²) in [7, 11) is -2.44. The third-order valence-corrected chi connectivity index (χ3v) is 3.96. The maximum absolute atomic E-state index is 11.9. The molecule has 0 aliphatic rings. The molecule has 0 aliphatic heterocycles. The van der Waals surface area contributed by atoms with E-state index in [9.17, 15) is 13.2 Å². The summed E-state index contributed by atoms with van der Waals surface area (Å²) in [5.41, 5.74) is 6.07. The number of hydrogen-bond acceptors (Lipinski definition) is 5. The lowest BCUT2D eigenvalue weighted by Gasteiger charge is -2.16. The highest BCUT2D eigenvalue weighted by Gasteiger charge is 2.16. The summed E-state index contributed by atoms with van der Waals surface area (Å²) in [6.45, 7) is 3.83. The molecule has 0 bridgehead atoms. The second-order valence-electron chi connectivity index (χ2n) is 5.07. The zero-order valence-corrected chi connectivity index (χ0v) is 13.1. The number of ether oxygens (including phenoxy) is 1. The van der Waals surface area contributed by atoms with Crippen molar-refractivity contribution in [3.05, 3.63) is 18.2 Å². The summed E-state index contributed by atoms with van der Waals surface area (Å²) >= 11 is 0. The first-order valence-corrected chi connectivity index (χ1v) is 7.96. The van der Waals surface area contributed by atoms with Gasteiger partial charge in [0.15, 0.2) is 0 Å². The molecule has 118 valence electrons. The number of sulfonamides is 1. The Balaban J connectivity index is 2.98. The molecule has 21 heavy (non-hydrogen) atoms. The Bertz CT molecular complexity index is 614. The summed E-state index contributed by atoms with van der Waals surface area (Å²) in [6.07, 6.45) is 0.125. The van der Waals surface area contributed by atoms with Crippen molar-refractivity contribution < 1.29 is 17.9 Å². The Morgan fingerprint density at radius 3 is 2.48 bits per heavy atom. The van der Waals surface area contributed by atoms with Crippen molar-refractivity contribution in [3.63, 3.8) is 0 Å². The Morgan fingerprint density at radius 1 is 1.38 bits per heavy atom. The van der Waals surface area contributed by atoms with Crippen molar-refractivity contribution in [1.82, 2.24) is 0 Å². The smallest absolute Gasteiger partial charge is 0.238 e. The van der Waals surface area contributed by atoms with Crippen molar-refractivity contribution in [3.8, 4) is 5.75 Å². The van der Waals surface area contributed by atoms with Gasteiger partial charge in [0.2, 0.25) is 15.9 Å². The lowest BCUT2D eigenvalue weighted by Crippen LogP contribution is -2.31. The number of rotatable bonds is 6. The van der Waals surface area contributed by atoms with Crippen LogP contribution in [-0.2, 0) is 14.8 Å². The average Bonchev–Trinajstić information content (AvgIpc) is 2.37. The maximum Gasteiger partial charge on any atom is 0.238 e. The Hall–Kier alpha value is -1.64. The van der Waals surface area contributed by atoms with E-state index < -0.39 is 10.0 Å². The number of anilines is 1. The van der Waals surface area contributed by atoms with Crippen molar-refractivity contribution in [1.29, 1.82) is 0 Å². The molecule has 1 atom stereocenters. The van der Waals surface area contributed by atoms with Gasteiger partial charge in [-0.05, 0) is 24.1 Å². The van der Waals surface area contributed by atoms with E-state index in [1.54, 1.807) is 0 Å². The Morgan fingerprint density at radius 2 is 2.00 bits per heavy atom. The van der Waals surface area contributed by atoms with E-state index >= 15 is 0 Å². The third kappa shape index (κ3) is 5.00. The molecule has 1 unspecified atom stereocenters. The molecule has 0 saturated carbocycles. The van der Waals surface area contributed by atoms with Crippen molar-refractivity contribution in [2.24, 2.45) is 16.8 Å². The first kappa shape index (κ1) is 17.4. The van der Waals surface area contributed by atoms with E-state index in [4.69, 9.17) is 15.6 Å². The molecule has 5 N–H and O–H groups in total. The SMILES string of the molecule is COc1ccc(S(N)(=O)=O)cc1NC(=O)CC(N)C(C)C. The molecule has 1 amide bonds. The van der Waals surface area contributed by atoms with E-state index in [2.05, 4.69) is 5.32 Å². The molecule has 1 rings (SSSR count). The molecule has 7 nitrogen and oxygen atoms in total. The lowest BCUT2D eigenvalue weighted by molar-refractivity contribution is -0.116. The molecule has 1 aromatic rings. The van der Waals surface area contributed by atoms with Gasteiger partial charge >= 0.3 is 0 Å². The van der Waals surface area contributed by atoms with Crippen LogP contribution >= 0.6 is 0 Å². The van der Waals surface area contributed by atoms with Crippen LogP contribution in [0.2, 0.25) is 0 Å². The number of methoxy groups -OCH3 is 1. The van der Waals surface area contributed by atoms with Gasteiger partial charge in [-0.15, -0.1) is 0 Å². The number of carbonyl (C=O) groups excluding carboxylic acids is 1. The Labute approximate surface area is 124 Å². The number of carbonyl (C=O) groups is 1. The number of nitrogens with one attached hydrogen (secondary N) is 1. The minimum absolute atomic E-state index is 0.105. The normalized spacial score (nSPS) is 13.0. The second-order valence-corrected chi connectivity index (χ2v) is 6.63. The highest BCUT2D eigenvalue weighted by atomic mass is 32.2. The van der Waals surface area contributed by atoms with Crippen LogP contribution in [0.1, 0.15) is 20.3 Å². The predicted molar refractivity (Wildman–Crippen MR) is 80.4 cm³/mol. The molecule has 0 heterocycles. The van der Waals surface area contributed by atoms with Crippen LogP contribution in [0.5, 0.6) is 5.75 Å². The van der Waals surface area contributed by atoms with Crippen LogP contribution in [0, 0.1) is 5.92 Å². The van der Waals surface area contributed by atoms with Crippen LogP contribution in [0.25, 0.3) is 0 Å². The van der Waals surface area contributed by atoms with E-state index in [0.717, 1.165) is 0 Å². The minimum Gasteiger partial charge on any atom is -0.495 e. The van der Waals surface area contributed by atoms with Crippen molar-refractivity contribution >= 4 is 21.6 Å². The van der Waals surface area contributed by atoms with Gasteiger partial charge in [0.05, 0.1) is 17.7 Å². The standard InChI is InChI=1S/C13H21N3O4S/c1-8(2)10(14)7-13(17)16-11-6-9(21(15,18)19)4-5-12(11)20-3/h4-6,8,10H,7,14H2,1-3H3,(H,16,17)(H2,15,18,19). The minimum atomic E-state index is -3.85. The lowest BCUT2D eigenvalue weighted by atomic mass is 10.0. The van der Waals surface area contributed by atoms with E-state index in [-0.39, 0.29) is 34.9 Å². The first-order valence-electron chi connectivity index (χ1n) is 6.41. The predicted octanol–water partition coefficient (Wildman–Crippen LogP) is 0.655. The molecule has 0 spiro atoms. The highest BCUT2D eigenvalue weighted by Crippen LogP contribution is 2.27. The van der Waals surface area contributed by atoms with Crippen LogP contribution in [0.3, 0.4) is 0 Å². The van der Waals surface area contributed by atoms with Crippen molar-refractivity contribution in [2.45, 2.75) is 31.2 Å². The number of benzene rings is 1. The van der Waals surface area contributed by atoms with Gasteiger partial charge in [-0.25, -0.2) is 13.6 Å². The van der Waals surface area contributed by atoms with E-state index in [1.165, 1.54) is 25.3 Å². The molecule has 8 heteroatoms. The molecular formula is C13H21N3O4S. The molecule has 1 aromatic carbocycles. The largest absolute Gasteiger partial charge is 0.495 e. The highest BCUT2D eigenvalue weighted by molar-refractivity contribution is 7.89. The van der Waals surface area contributed by atoms with Crippen LogP contribution in [0.4, 0.5) is 5.69 Å².